The summed E-state index contributed by atoms with van der Waals surface area (Å²) < 4.78 is 0. The van der Waals surface area contributed by atoms with Gasteiger partial charge in [0.05, 0.1) is 6.04 Å². The first-order valence-corrected chi connectivity index (χ1v) is 6.02. The predicted molar refractivity (Wildman–Crippen MR) is 64.8 cm³/mol. The molecular formula is C12H22N2O3. The van der Waals surface area contributed by atoms with Gasteiger partial charge in [-0.05, 0) is 33.1 Å². The summed E-state index contributed by atoms with van der Waals surface area (Å²) >= 11 is 0. The zero-order valence-electron chi connectivity index (χ0n) is 11.1. The molecule has 1 aliphatic heterocycles. The van der Waals surface area contributed by atoms with E-state index in [2.05, 4.69) is 0 Å². The van der Waals surface area contributed by atoms with Crippen LogP contribution in [-0.2, 0) is 9.59 Å². The van der Waals surface area contributed by atoms with Crippen LogP contribution in [0.15, 0.2) is 0 Å². The van der Waals surface area contributed by atoms with Gasteiger partial charge >= 0.3 is 5.97 Å². The van der Waals surface area contributed by atoms with Crippen molar-refractivity contribution in [1.29, 1.82) is 0 Å². The molecule has 0 aliphatic carbocycles. The van der Waals surface area contributed by atoms with E-state index in [4.69, 9.17) is 0 Å². The Bertz CT molecular complexity index is 317. The summed E-state index contributed by atoms with van der Waals surface area (Å²) in [6, 6.07) is -0.383. The number of likely N-dealkylation sites (tertiary alicyclic amines) is 1. The molecule has 1 aliphatic rings. The maximum Gasteiger partial charge on any atom is 0.323 e. The van der Waals surface area contributed by atoms with E-state index in [0.717, 1.165) is 12.8 Å². The first-order chi connectivity index (χ1) is 7.80. The van der Waals surface area contributed by atoms with Crippen LogP contribution in [0.5, 0.6) is 0 Å². The van der Waals surface area contributed by atoms with E-state index in [9.17, 15) is 14.7 Å². The van der Waals surface area contributed by atoms with Crippen LogP contribution in [-0.4, -0.2) is 59.0 Å². The maximum atomic E-state index is 11.9. The summed E-state index contributed by atoms with van der Waals surface area (Å²) in [5.41, 5.74) is -0.913. The number of nitrogens with zero attached hydrogens (tertiary/aromatic N) is 2. The van der Waals surface area contributed by atoms with Gasteiger partial charge in [-0.1, -0.05) is 0 Å². The number of rotatable bonds is 3. The van der Waals surface area contributed by atoms with Gasteiger partial charge in [0.1, 0.15) is 5.54 Å². The fourth-order valence-electron chi connectivity index (χ4n) is 2.50. The zero-order valence-corrected chi connectivity index (χ0v) is 11.1. The van der Waals surface area contributed by atoms with E-state index in [0.29, 0.717) is 13.0 Å². The largest absolute Gasteiger partial charge is 0.480 e. The topological polar surface area (TPSA) is 60.9 Å². The lowest BCUT2D eigenvalue weighted by atomic mass is 9.87. The van der Waals surface area contributed by atoms with Crippen molar-refractivity contribution in [3.05, 3.63) is 0 Å². The second-order valence-electron chi connectivity index (χ2n) is 5.14. The third kappa shape index (κ3) is 2.60. The van der Waals surface area contributed by atoms with Crippen molar-refractivity contribution in [2.45, 2.75) is 44.7 Å². The number of amides is 1. The highest BCUT2D eigenvalue weighted by Gasteiger charge is 2.45. The van der Waals surface area contributed by atoms with Crippen LogP contribution in [0.4, 0.5) is 0 Å². The van der Waals surface area contributed by atoms with Gasteiger partial charge in [0.15, 0.2) is 0 Å². The first kappa shape index (κ1) is 14.0. The number of aliphatic carboxylic acids is 1. The predicted octanol–water partition coefficient (Wildman–Crippen LogP) is 0.792. The fourth-order valence-corrected chi connectivity index (χ4v) is 2.50. The molecule has 2 unspecified atom stereocenters. The van der Waals surface area contributed by atoms with Crippen LogP contribution >= 0.6 is 0 Å². The Kier molecular flexibility index (Phi) is 4.14. The smallest absolute Gasteiger partial charge is 0.323 e. The molecule has 0 aromatic rings. The lowest BCUT2D eigenvalue weighted by Gasteiger charge is -2.44. The molecule has 5 nitrogen and oxygen atoms in total. The number of carboxylic acids is 1. The number of hydrogen-bond acceptors (Lipinski definition) is 3. The average molecular weight is 242 g/mol. The molecule has 0 bridgehead atoms. The van der Waals surface area contributed by atoms with Crippen LogP contribution < -0.4 is 0 Å². The van der Waals surface area contributed by atoms with E-state index in [1.54, 1.807) is 27.9 Å². The minimum absolute atomic E-state index is 0.0422. The molecule has 0 aromatic carbocycles. The van der Waals surface area contributed by atoms with Gasteiger partial charge in [0.2, 0.25) is 5.91 Å². The van der Waals surface area contributed by atoms with Gasteiger partial charge in [0, 0.05) is 20.6 Å². The van der Waals surface area contributed by atoms with Crippen LogP contribution in [0.2, 0.25) is 0 Å². The Morgan fingerprint density at radius 1 is 1.35 bits per heavy atom. The molecule has 1 N–H and O–H groups in total. The van der Waals surface area contributed by atoms with E-state index >= 15 is 0 Å². The molecule has 1 saturated heterocycles. The van der Waals surface area contributed by atoms with Gasteiger partial charge in [0.25, 0.3) is 0 Å². The second-order valence-corrected chi connectivity index (χ2v) is 5.14. The van der Waals surface area contributed by atoms with Gasteiger partial charge in [-0.25, -0.2) is 0 Å². The number of carbonyl (C=O) groups excluding carboxylic acids is 1. The Hall–Kier alpha value is -1.10. The van der Waals surface area contributed by atoms with Gasteiger partial charge in [-0.2, -0.15) is 0 Å². The summed E-state index contributed by atoms with van der Waals surface area (Å²) in [5, 5.41) is 9.37. The Labute approximate surface area is 102 Å². The molecule has 0 spiro atoms. The van der Waals surface area contributed by atoms with Crippen molar-refractivity contribution < 1.29 is 14.7 Å². The number of carboxylic acid groups (broad SMARTS) is 1. The molecule has 98 valence electrons. The van der Waals surface area contributed by atoms with Crippen molar-refractivity contribution in [1.82, 2.24) is 9.80 Å². The number of likely N-dealkylation sites (N-methyl/N-ethyl adjacent to an activating group) is 1. The third-order valence-electron chi connectivity index (χ3n) is 3.67. The average Bonchev–Trinajstić information content (AvgIpc) is 2.27. The molecule has 0 radical (unpaired) electrons. The van der Waals surface area contributed by atoms with E-state index in [-0.39, 0.29) is 11.9 Å². The van der Waals surface area contributed by atoms with Crippen molar-refractivity contribution in [3.8, 4) is 0 Å². The molecule has 1 amide bonds. The summed E-state index contributed by atoms with van der Waals surface area (Å²) in [7, 11) is 3.39. The van der Waals surface area contributed by atoms with Crippen molar-refractivity contribution in [2.75, 3.05) is 20.6 Å². The van der Waals surface area contributed by atoms with Gasteiger partial charge in [-0.3, -0.25) is 14.5 Å². The highest BCUT2D eigenvalue weighted by Crippen LogP contribution is 2.30. The van der Waals surface area contributed by atoms with Crippen LogP contribution in [0.1, 0.15) is 33.1 Å². The van der Waals surface area contributed by atoms with Crippen LogP contribution in [0.25, 0.3) is 0 Å². The summed E-state index contributed by atoms with van der Waals surface area (Å²) in [6.45, 7) is 4.17. The minimum Gasteiger partial charge on any atom is -0.480 e. The highest BCUT2D eigenvalue weighted by atomic mass is 16.4. The van der Waals surface area contributed by atoms with Crippen LogP contribution in [0, 0.1) is 0 Å². The zero-order chi connectivity index (χ0) is 13.2. The molecule has 1 rings (SSSR count). The minimum atomic E-state index is -0.913. The molecule has 1 fully saturated rings. The van der Waals surface area contributed by atoms with Crippen molar-refractivity contribution in [3.63, 3.8) is 0 Å². The molecule has 17 heavy (non-hydrogen) atoms. The molecule has 0 saturated carbocycles. The normalized spacial score (nSPS) is 27.5. The lowest BCUT2D eigenvalue weighted by Crippen LogP contribution is -2.61. The lowest BCUT2D eigenvalue weighted by molar-refractivity contribution is -0.157. The number of carbonyl (C=O) groups is 2. The second kappa shape index (κ2) is 5.04. The first-order valence-electron chi connectivity index (χ1n) is 6.02. The van der Waals surface area contributed by atoms with Gasteiger partial charge in [-0.15, -0.1) is 0 Å². The molecule has 2 atom stereocenters. The molecule has 5 heteroatoms. The van der Waals surface area contributed by atoms with E-state index < -0.39 is 11.5 Å². The SMILES string of the molecule is CC(C(=O)N(C)C)N1CCCCC1(C)C(=O)O. The fraction of sp³-hybridized carbons (Fsp3) is 0.833. The van der Waals surface area contributed by atoms with E-state index in [1.165, 1.54) is 4.90 Å². The molecule has 1 heterocycles. The van der Waals surface area contributed by atoms with Crippen molar-refractivity contribution >= 4 is 11.9 Å². The Morgan fingerprint density at radius 3 is 2.41 bits per heavy atom. The van der Waals surface area contributed by atoms with Gasteiger partial charge < -0.3 is 10.0 Å². The Morgan fingerprint density at radius 2 is 1.94 bits per heavy atom. The standard InChI is InChI=1S/C12H22N2O3/c1-9(10(15)13(3)4)14-8-6-5-7-12(14,2)11(16)17/h9H,5-8H2,1-4H3,(H,16,17). The highest BCUT2D eigenvalue weighted by molar-refractivity contribution is 5.84. The Balaban J connectivity index is 2.92. The third-order valence-corrected chi connectivity index (χ3v) is 3.67. The van der Waals surface area contributed by atoms with E-state index in [1.807, 2.05) is 4.90 Å². The maximum absolute atomic E-state index is 11.9. The summed E-state index contributed by atoms with van der Waals surface area (Å²) in [4.78, 5) is 26.7. The summed E-state index contributed by atoms with van der Waals surface area (Å²) in [6.07, 6.45) is 2.46. The summed E-state index contributed by atoms with van der Waals surface area (Å²) in [5.74, 6) is -0.880. The monoisotopic (exact) mass is 242 g/mol. The molecular weight excluding hydrogens is 220 g/mol. The number of piperidine rings is 1. The molecule has 0 aromatic heterocycles. The van der Waals surface area contributed by atoms with Crippen LogP contribution in [0.3, 0.4) is 0 Å². The quantitative estimate of drug-likeness (QED) is 0.795. The number of hydrogen-bond donors (Lipinski definition) is 1. The van der Waals surface area contributed by atoms with Crippen molar-refractivity contribution in [2.24, 2.45) is 0 Å².